The SMILES string of the molecule is CC(C)(C)[Si](OCCCC/C=C\CCCCCCC(=O)O)(c1ccccc1)c1ccccc1.CO.COC(=O)CCCCCC/C=C\CCCCO. The van der Waals surface area contributed by atoms with Gasteiger partial charge in [-0.15, -0.1) is 0 Å². The Morgan fingerprint density at radius 1 is 0.615 bits per heavy atom. The Morgan fingerprint density at radius 3 is 1.42 bits per heavy atom. The van der Waals surface area contributed by atoms with E-state index in [0.29, 0.717) is 19.4 Å². The predicted molar refractivity (Wildman–Crippen MR) is 220 cm³/mol. The number of hydrogen-bond acceptors (Lipinski definition) is 6. The highest BCUT2D eigenvalue weighted by Crippen LogP contribution is 2.36. The molecule has 7 nitrogen and oxygen atoms in total. The van der Waals surface area contributed by atoms with Gasteiger partial charge in [-0.05, 0) is 92.5 Å². The molecule has 0 heterocycles. The number of hydrogen-bond donors (Lipinski definition) is 3. The Kier molecular flexibility index (Phi) is 30.7. The molecule has 294 valence electrons. The maximum absolute atomic E-state index is 10.8. The lowest BCUT2D eigenvalue weighted by Crippen LogP contribution is -2.66. The van der Waals surface area contributed by atoms with Crippen molar-refractivity contribution in [2.75, 3.05) is 27.4 Å². The molecule has 0 spiro atoms. The van der Waals surface area contributed by atoms with Crippen LogP contribution < -0.4 is 10.4 Å². The number of carbonyl (C=O) groups is 2. The quantitative estimate of drug-likeness (QED) is 0.0381. The number of unbranched alkanes of at least 4 members (excludes halogenated alkanes) is 12. The molecule has 0 aliphatic heterocycles. The van der Waals surface area contributed by atoms with E-state index in [1.165, 1.54) is 30.3 Å². The third-order valence-corrected chi connectivity index (χ3v) is 13.9. The topological polar surface area (TPSA) is 113 Å². The van der Waals surface area contributed by atoms with E-state index in [4.69, 9.17) is 19.7 Å². The van der Waals surface area contributed by atoms with Crippen molar-refractivity contribution < 1.29 is 34.1 Å². The number of aliphatic hydroxyl groups is 2. The van der Waals surface area contributed by atoms with Gasteiger partial charge in [0, 0.05) is 33.2 Å². The molecule has 2 rings (SSSR count). The van der Waals surface area contributed by atoms with Crippen molar-refractivity contribution in [2.24, 2.45) is 0 Å². The molecule has 0 amide bonds. The summed E-state index contributed by atoms with van der Waals surface area (Å²) in [5.74, 6) is -0.789. The van der Waals surface area contributed by atoms with Gasteiger partial charge >= 0.3 is 11.9 Å². The van der Waals surface area contributed by atoms with Crippen molar-refractivity contribution in [3.8, 4) is 0 Å². The van der Waals surface area contributed by atoms with E-state index >= 15 is 0 Å². The largest absolute Gasteiger partial charge is 0.481 e. The highest BCUT2D eigenvalue weighted by molar-refractivity contribution is 6.99. The summed E-state index contributed by atoms with van der Waals surface area (Å²) in [5, 5.41) is 27.0. The van der Waals surface area contributed by atoms with E-state index in [1.807, 2.05) is 0 Å². The first-order valence-electron chi connectivity index (χ1n) is 19.6. The molecule has 0 radical (unpaired) electrons. The average Bonchev–Trinajstić information content (AvgIpc) is 3.15. The number of carboxylic acid groups (broad SMARTS) is 1. The Hall–Kier alpha value is -3.04. The number of methoxy groups -OCH3 is 1. The summed E-state index contributed by atoms with van der Waals surface area (Å²) in [6.45, 7) is 8.05. The molecule has 0 aromatic heterocycles. The van der Waals surface area contributed by atoms with Gasteiger partial charge in [0.2, 0.25) is 0 Å². The number of aliphatic hydroxyl groups excluding tert-OH is 2. The van der Waals surface area contributed by atoms with Crippen LogP contribution in [0.4, 0.5) is 0 Å². The Morgan fingerprint density at radius 2 is 1.02 bits per heavy atom. The van der Waals surface area contributed by atoms with Gasteiger partial charge in [0.05, 0.1) is 7.11 Å². The predicted octanol–water partition coefficient (Wildman–Crippen LogP) is 9.54. The molecule has 0 fully saturated rings. The van der Waals surface area contributed by atoms with Crippen LogP contribution >= 0.6 is 0 Å². The van der Waals surface area contributed by atoms with Gasteiger partial charge < -0.3 is 24.5 Å². The van der Waals surface area contributed by atoms with Gasteiger partial charge in [-0.1, -0.05) is 131 Å². The molecular formula is C44H72O7Si. The Bertz CT molecular complexity index is 1140. The lowest BCUT2D eigenvalue weighted by molar-refractivity contribution is -0.141. The van der Waals surface area contributed by atoms with Crippen LogP contribution in [-0.2, 0) is 18.8 Å². The van der Waals surface area contributed by atoms with Crippen LogP contribution in [0.3, 0.4) is 0 Å². The van der Waals surface area contributed by atoms with Crippen molar-refractivity contribution in [1.29, 1.82) is 0 Å². The minimum atomic E-state index is -2.41. The molecule has 2 aromatic rings. The molecule has 0 saturated carbocycles. The number of carbonyl (C=O) groups excluding carboxylic acids is 1. The number of ether oxygens (including phenoxy) is 1. The zero-order valence-corrected chi connectivity index (χ0v) is 34.2. The molecule has 0 unspecified atom stereocenters. The summed E-state index contributed by atoms with van der Waals surface area (Å²) in [4.78, 5) is 21.3. The van der Waals surface area contributed by atoms with Crippen molar-refractivity contribution >= 4 is 30.6 Å². The van der Waals surface area contributed by atoms with Crippen LogP contribution in [0.2, 0.25) is 5.04 Å². The normalized spacial score (nSPS) is 11.5. The number of allylic oxidation sites excluding steroid dienone is 4. The summed E-state index contributed by atoms with van der Waals surface area (Å²) in [6.07, 6.45) is 26.9. The number of aliphatic carboxylic acids is 1. The van der Waals surface area contributed by atoms with E-state index in [2.05, 4.69) is 110 Å². The minimum Gasteiger partial charge on any atom is -0.481 e. The van der Waals surface area contributed by atoms with Crippen molar-refractivity contribution in [2.45, 2.75) is 141 Å². The maximum atomic E-state index is 10.8. The highest BCUT2D eigenvalue weighted by atomic mass is 28.4. The first-order valence-corrected chi connectivity index (χ1v) is 21.5. The monoisotopic (exact) mass is 741 g/mol. The fourth-order valence-corrected chi connectivity index (χ4v) is 10.7. The fourth-order valence-electron chi connectivity index (χ4n) is 6.08. The lowest BCUT2D eigenvalue weighted by atomic mass is 10.1. The van der Waals surface area contributed by atoms with Crippen LogP contribution in [0.5, 0.6) is 0 Å². The van der Waals surface area contributed by atoms with Gasteiger partial charge in [-0.25, -0.2) is 0 Å². The number of esters is 1. The molecule has 2 aromatic carbocycles. The van der Waals surface area contributed by atoms with Crippen molar-refractivity contribution in [1.82, 2.24) is 0 Å². The van der Waals surface area contributed by atoms with Gasteiger partial charge in [-0.3, -0.25) is 9.59 Å². The number of rotatable bonds is 26. The third kappa shape index (κ3) is 22.8. The molecule has 3 N–H and O–H groups in total. The van der Waals surface area contributed by atoms with E-state index in [-0.39, 0.29) is 11.0 Å². The van der Waals surface area contributed by atoms with Crippen LogP contribution in [-0.4, -0.2) is 63.0 Å². The van der Waals surface area contributed by atoms with Crippen molar-refractivity contribution in [3.63, 3.8) is 0 Å². The number of benzene rings is 2. The lowest BCUT2D eigenvalue weighted by Gasteiger charge is -2.43. The molecule has 52 heavy (non-hydrogen) atoms. The fraction of sp³-hybridized carbons (Fsp3) is 0.591. The zero-order chi connectivity index (χ0) is 38.8. The molecule has 0 bridgehead atoms. The minimum absolute atomic E-state index is 0.0279. The van der Waals surface area contributed by atoms with Crippen molar-refractivity contribution in [3.05, 3.63) is 85.0 Å². The van der Waals surface area contributed by atoms with Crippen LogP contribution in [0.15, 0.2) is 85.0 Å². The first-order chi connectivity index (χ1) is 25.2. The van der Waals surface area contributed by atoms with Crippen LogP contribution in [0.1, 0.15) is 136 Å². The second kappa shape index (κ2) is 32.6. The van der Waals surface area contributed by atoms with Crippen LogP contribution in [0.25, 0.3) is 0 Å². The van der Waals surface area contributed by atoms with E-state index in [0.717, 1.165) is 104 Å². The zero-order valence-electron chi connectivity index (χ0n) is 33.2. The van der Waals surface area contributed by atoms with Gasteiger partial charge in [0.15, 0.2) is 0 Å². The molecule has 0 saturated heterocycles. The van der Waals surface area contributed by atoms with Crippen LogP contribution in [0, 0.1) is 0 Å². The molecule has 0 aliphatic rings. The molecule has 0 aliphatic carbocycles. The average molecular weight is 741 g/mol. The summed E-state index contributed by atoms with van der Waals surface area (Å²) in [6, 6.07) is 21.7. The van der Waals surface area contributed by atoms with E-state index < -0.39 is 14.3 Å². The van der Waals surface area contributed by atoms with Gasteiger partial charge in [-0.2, -0.15) is 0 Å². The summed E-state index contributed by atoms with van der Waals surface area (Å²) < 4.78 is 11.5. The standard InChI is InChI=1S/C29H42O3Si.C14H26O3.CH4O/c1-29(2,3)33(26-20-14-12-15-21-26,27-22-16-13-17-23-27)32-25-19-11-9-7-5-4-6-8-10-18-24-28(30)31;1-17-14(16)12-10-8-6-4-2-3-5-7-9-11-13-15;1-2/h5,7,12-17,20-23H,4,6,8-11,18-19,24-25H2,1-3H3,(H,30,31);3,5,15H,2,4,6-13H2,1H3;2H,1H3/b7-5-;5-3-;. The first kappa shape index (κ1) is 49.0. The second-order valence-corrected chi connectivity index (χ2v) is 18.4. The number of carboxylic acids is 1. The van der Waals surface area contributed by atoms with E-state index in [1.54, 1.807) is 0 Å². The molecule has 8 heteroatoms. The van der Waals surface area contributed by atoms with Gasteiger partial charge in [0.25, 0.3) is 8.32 Å². The Balaban J connectivity index is 0.00000116. The molecular weight excluding hydrogens is 669 g/mol. The maximum Gasteiger partial charge on any atom is 0.305 e. The highest BCUT2D eigenvalue weighted by Gasteiger charge is 2.49. The summed E-state index contributed by atoms with van der Waals surface area (Å²) in [7, 11) is 0.0259. The molecule has 0 atom stereocenters. The smallest absolute Gasteiger partial charge is 0.305 e. The van der Waals surface area contributed by atoms with Gasteiger partial charge in [0.1, 0.15) is 0 Å². The Labute approximate surface area is 317 Å². The van der Waals surface area contributed by atoms with E-state index in [9.17, 15) is 9.59 Å². The third-order valence-electron chi connectivity index (χ3n) is 8.85. The second-order valence-electron chi connectivity index (χ2n) is 14.0. The summed E-state index contributed by atoms with van der Waals surface area (Å²) >= 11 is 0. The summed E-state index contributed by atoms with van der Waals surface area (Å²) in [5.41, 5.74) is 0.